The fourth-order valence-electron chi connectivity index (χ4n) is 8.79. The van der Waals surface area contributed by atoms with Crippen LogP contribution in [0.4, 0.5) is 0 Å². The van der Waals surface area contributed by atoms with Crippen molar-refractivity contribution in [1.82, 2.24) is 0 Å². The first-order valence-electron chi connectivity index (χ1n) is 14.7. The number of rotatable bonds is 10. The number of ketones is 2. The van der Waals surface area contributed by atoms with Gasteiger partial charge in [0.05, 0.1) is 0 Å². The molecular weight excluding hydrogens is 436 g/mol. The lowest BCUT2D eigenvalue weighted by molar-refractivity contribution is -0.143. The zero-order valence-electron chi connectivity index (χ0n) is 22.8. The lowest BCUT2D eigenvalue weighted by Gasteiger charge is -2.57. The zero-order chi connectivity index (χ0) is 25.2. The molecule has 3 saturated carbocycles. The summed E-state index contributed by atoms with van der Waals surface area (Å²) in [6.45, 7) is 8.25. The van der Waals surface area contributed by atoms with Gasteiger partial charge in [-0.3, -0.25) is 14.4 Å². The summed E-state index contributed by atoms with van der Waals surface area (Å²) in [4.78, 5) is 37.8. The molecule has 0 aromatic carbocycles. The number of hydrogen-bond donors (Lipinski definition) is 0. The van der Waals surface area contributed by atoms with Crippen molar-refractivity contribution in [3.63, 3.8) is 0 Å². The quantitative estimate of drug-likeness (QED) is 0.235. The van der Waals surface area contributed by atoms with Gasteiger partial charge in [-0.15, -0.1) is 0 Å². The van der Waals surface area contributed by atoms with Gasteiger partial charge in [-0.05, 0) is 73.2 Å². The molecule has 196 valence electrons. The van der Waals surface area contributed by atoms with Gasteiger partial charge in [-0.2, -0.15) is 0 Å². The first-order chi connectivity index (χ1) is 16.7. The van der Waals surface area contributed by atoms with Crippen molar-refractivity contribution in [3.8, 4) is 0 Å². The summed E-state index contributed by atoms with van der Waals surface area (Å²) in [5.74, 6) is 2.49. The Labute approximate surface area is 213 Å². The molecule has 4 nitrogen and oxygen atoms in total. The van der Waals surface area contributed by atoms with E-state index in [0.29, 0.717) is 41.6 Å². The Kier molecular flexibility index (Phi) is 8.28. The van der Waals surface area contributed by atoms with Crippen LogP contribution in [-0.2, 0) is 19.1 Å². The second-order valence-corrected chi connectivity index (χ2v) is 12.7. The number of unbranched alkanes of at least 4 members (excludes halogenated alkanes) is 7. The molecule has 0 unspecified atom stereocenters. The molecule has 0 aromatic heterocycles. The van der Waals surface area contributed by atoms with Crippen LogP contribution in [0.25, 0.3) is 0 Å². The van der Waals surface area contributed by atoms with Gasteiger partial charge < -0.3 is 4.74 Å². The Morgan fingerprint density at radius 2 is 1.60 bits per heavy atom. The Hall–Kier alpha value is -1.45. The second-order valence-electron chi connectivity index (χ2n) is 12.7. The molecule has 4 heteroatoms. The molecule has 0 aromatic rings. The number of allylic oxidation sites excluding steroid dienone is 1. The molecule has 4 rings (SSSR count). The van der Waals surface area contributed by atoms with Gasteiger partial charge in [-0.1, -0.05) is 72.1 Å². The summed E-state index contributed by atoms with van der Waals surface area (Å²) in [7, 11) is 0. The van der Waals surface area contributed by atoms with E-state index < -0.39 is 5.97 Å². The van der Waals surface area contributed by atoms with Gasteiger partial charge in [0.15, 0.2) is 11.5 Å². The number of carbonyl (C=O) groups is 3. The van der Waals surface area contributed by atoms with Gasteiger partial charge in [0.2, 0.25) is 0 Å². The molecule has 0 radical (unpaired) electrons. The van der Waals surface area contributed by atoms with E-state index >= 15 is 0 Å². The molecule has 0 bridgehead atoms. The molecule has 0 heterocycles. The molecule has 4 aliphatic rings. The van der Waals surface area contributed by atoms with Crippen molar-refractivity contribution in [2.24, 2.45) is 34.5 Å². The normalized spacial score (nSPS) is 36.6. The summed E-state index contributed by atoms with van der Waals surface area (Å²) >= 11 is 0. The third-order valence-electron chi connectivity index (χ3n) is 10.6. The molecule has 0 N–H and O–H groups in total. The van der Waals surface area contributed by atoms with Crippen LogP contribution >= 0.6 is 0 Å². The SMILES string of the molecule is CCCCCCCCCC[C@H]1CC(=O)[C@@]2(C)CC[C@H]3[C@@H](CCC4=C(OC(C)=O)C(=O)CC[C@@]43C)[C@H]12. The van der Waals surface area contributed by atoms with Crippen LogP contribution in [0.5, 0.6) is 0 Å². The van der Waals surface area contributed by atoms with Crippen molar-refractivity contribution in [2.75, 3.05) is 0 Å². The van der Waals surface area contributed by atoms with E-state index in [4.69, 9.17) is 4.74 Å². The number of esters is 1. The summed E-state index contributed by atoms with van der Waals surface area (Å²) in [5, 5.41) is 0. The highest BCUT2D eigenvalue weighted by Crippen LogP contribution is 2.66. The smallest absolute Gasteiger partial charge is 0.308 e. The average molecular weight is 485 g/mol. The van der Waals surface area contributed by atoms with Crippen molar-refractivity contribution < 1.29 is 19.1 Å². The number of ether oxygens (including phenoxy) is 1. The topological polar surface area (TPSA) is 60.4 Å². The number of carbonyl (C=O) groups excluding carboxylic acids is 3. The number of Topliss-reactive ketones (excluding diaryl/α,β-unsaturated/α-hetero) is 2. The van der Waals surface area contributed by atoms with Crippen LogP contribution in [-0.4, -0.2) is 17.5 Å². The Morgan fingerprint density at radius 3 is 2.29 bits per heavy atom. The molecule has 35 heavy (non-hydrogen) atoms. The maximum Gasteiger partial charge on any atom is 0.308 e. The molecule has 3 fully saturated rings. The Morgan fingerprint density at radius 1 is 0.914 bits per heavy atom. The van der Waals surface area contributed by atoms with E-state index in [1.807, 2.05) is 0 Å². The van der Waals surface area contributed by atoms with Crippen molar-refractivity contribution in [3.05, 3.63) is 11.3 Å². The van der Waals surface area contributed by atoms with E-state index in [0.717, 1.165) is 44.1 Å². The molecule has 4 aliphatic carbocycles. The van der Waals surface area contributed by atoms with Crippen LogP contribution in [0, 0.1) is 34.5 Å². The van der Waals surface area contributed by atoms with Crippen LogP contribution in [0.3, 0.4) is 0 Å². The van der Waals surface area contributed by atoms with E-state index in [9.17, 15) is 14.4 Å². The molecule has 0 saturated heterocycles. The van der Waals surface area contributed by atoms with Gasteiger partial charge in [0, 0.05) is 25.2 Å². The van der Waals surface area contributed by atoms with Crippen molar-refractivity contribution in [1.29, 1.82) is 0 Å². The molecule has 6 atom stereocenters. The lowest BCUT2D eigenvalue weighted by Crippen LogP contribution is -2.52. The lowest BCUT2D eigenvalue weighted by atomic mass is 9.46. The third-order valence-corrected chi connectivity index (χ3v) is 10.6. The third kappa shape index (κ3) is 5.05. The highest BCUT2D eigenvalue weighted by Gasteiger charge is 2.62. The first kappa shape index (κ1) is 26.6. The van der Waals surface area contributed by atoms with Crippen LogP contribution in [0.1, 0.15) is 130 Å². The van der Waals surface area contributed by atoms with E-state index in [1.54, 1.807) is 0 Å². The van der Waals surface area contributed by atoms with Crippen LogP contribution in [0.2, 0.25) is 0 Å². The molecular formula is C31H48O4. The highest BCUT2D eigenvalue weighted by atomic mass is 16.5. The Bertz CT molecular complexity index is 856. The summed E-state index contributed by atoms with van der Waals surface area (Å²) in [6.07, 6.45) is 17.8. The van der Waals surface area contributed by atoms with Gasteiger partial charge in [0.1, 0.15) is 5.78 Å². The van der Waals surface area contributed by atoms with Crippen molar-refractivity contribution in [2.45, 2.75) is 130 Å². The van der Waals surface area contributed by atoms with Gasteiger partial charge in [0.25, 0.3) is 0 Å². The second kappa shape index (κ2) is 10.9. The predicted octanol–water partition coefficient (Wildman–Crippen LogP) is 7.74. The summed E-state index contributed by atoms with van der Waals surface area (Å²) < 4.78 is 5.51. The molecule has 0 spiro atoms. The standard InChI is InChI=1S/C31H48O4/c1-5-6-7-8-9-10-11-12-13-22-20-27(34)31(4)18-16-24-23(28(22)31)14-15-25-29(35-21(2)32)26(33)17-19-30(24,25)3/h22-24,28H,5-20H2,1-4H3/t22-,23+,24-,28-,30+,31+/m0/s1. The largest absolute Gasteiger partial charge is 0.423 e. The fourth-order valence-corrected chi connectivity index (χ4v) is 8.79. The van der Waals surface area contributed by atoms with Gasteiger partial charge in [-0.25, -0.2) is 0 Å². The minimum Gasteiger partial charge on any atom is -0.423 e. The van der Waals surface area contributed by atoms with Gasteiger partial charge >= 0.3 is 5.97 Å². The summed E-state index contributed by atoms with van der Waals surface area (Å²) in [5.41, 5.74) is 0.849. The zero-order valence-corrected chi connectivity index (χ0v) is 22.8. The molecule has 0 amide bonds. The van der Waals surface area contributed by atoms with E-state index in [2.05, 4.69) is 20.8 Å². The average Bonchev–Trinajstić information content (AvgIpc) is 3.07. The number of hydrogen-bond acceptors (Lipinski definition) is 4. The predicted molar refractivity (Wildman–Crippen MR) is 139 cm³/mol. The maximum absolute atomic E-state index is 13.3. The minimum atomic E-state index is -0.393. The van der Waals surface area contributed by atoms with E-state index in [-0.39, 0.29) is 16.6 Å². The van der Waals surface area contributed by atoms with Crippen molar-refractivity contribution >= 4 is 17.5 Å². The molecule has 0 aliphatic heterocycles. The Balaban J connectivity index is 1.47. The minimum absolute atomic E-state index is 0.00427. The van der Waals surface area contributed by atoms with E-state index in [1.165, 1.54) is 64.7 Å². The van der Waals surface area contributed by atoms with Crippen LogP contribution in [0.15, 0.2) is 11.3 Å². The summed E-state index contributed by atoms with van der Waals surface area (Å²) in [6, 6.07) is 0. The highest BCUT2D eigenvalue weighted by molar-refractivity contribution is 5.97. The fraction of sp³-hybridized carbons (Fsp3) is 0.839. The maximum atomic E-state index is 13.3. The number of fused-ring (bicyclic) bond motifs is 5. The first-order valence-corrected chi connectivity index (χ1v) is 14.7. The monoisotopic (exact) mass is 484 g/mol. The van der Waals surface area contributed by atoms with Crippen LogP contribution < -0.4 is 0 Å².